The van der Waals surface area contributed by atoms with Gasteiger partial charge in [-0.15, -0.1) is 0 Å². The normalized spacial score (nSPS) is 12.5. The summed E-state index contributed by atoms with van der Waals surface area (Å²) in [6.45, 7) is 6.53. The van der Waals surface area contributed by atoms with Crippen molar-refractivity contribution < 1.29 is 28.6 Å². The highest BCUT2D eigenvalue weighted by Gasteiger charge is 2.19. The molecule has 0 saturated heterocycles. The van der Waals surface area contributed by atoms with Gasteiger partial charge in [-0.2, -0.15) is 0 Å². The fourth-order valence-electron chi connectivity index (χ4n) is 8.82. The van der Waals surface area contributed by atoms with E-state index in [1.807, 2.05) is 0 Å². The summed E-state index contributed by atoms with van der Waals surface area (Å²) in [6, 6.07) is 0. The van der Waals surface area contributed by atoms with Crippen molar-refractivity contribution in [1.82, 2.24) is 0 Å². The zero-order valence-electron chi connectivity index (χ0n) is 47.7. The van der Waals surface area contributed by atoms with Crippen LogP contribution >= 0.6 is 0 Å². The quantitative estimate of drug-likeness (QED) is 0.0261. The van der Waals surface area contributed by atoms with Crippen LogP contribution in [-0.2, 0) is 28.6 Å². The molecule has 1 unspecified atom stereocenters. The molecule has 0 heterocycles. The lowest BCUT2D eigenvalue weighted by atomic mass is 10.1. The van der Waals surface area contributed by atoms with Gasteiger partial charge in [-0.05, 0) is 89.9 Å². The van der Waals surface area contributed by atoms with Gasteiger partial charge in [0.25, 0.3) is 0 Å². The predicted octanol–water partition coefficient (Wildman–Crippen LogP) is 20.9. The maximum atomic E-state index is 12.9. The van der Waals surface area contributed by atoms with Crippen LogP contribution in [0.3, 0.4) is 0 Å². The first kappa shape index (κ1) is 68.8. The maximum Gasteiger partial charge on any atom is 0.306 e. The molecule has 0 radical (unpaired) electrons. The molecule has 72 heavy (non-hydrogen) atoms. The van der Waals surface area contributed by atoms with Crippen LogP contribution in [0.2, 0.25) is 0 Å². The molecule has 0 bridgehead atoms. The molecule has 0 N–H and O–H groups in total. The number of hydrogen-bond donors (Lipinski definition) is 0. The molecular weight excluding hydrogens is 889 g/mol. The molecule has 0 fully saturated rings. The minimum atomic E-state index is -0.777. The zero-order chi connectivity index (χ0) is 52.2. The van der Waals surface area contributed by atoms with E-state index in [0.29, 0.717) is 19.3 Å². The van der Waals surface area contributed by atoms with Gasteiger partial charge in [0, 0.05) is 19.3 Å². The van der Waals surface area contributed by atoms with E-state index in [4.69, 9.17) is 14.2 Å². The molecule has 0 saturated carbocycles. The molecule has 0 aliphatic carbocycles. The van der Waals surface area contributed by atoms with Crippen LogP contribution in [0.25, 0.3) is 0 Å². The summed E-state index contributed by atoms with van der Waals surface area (Å²) in [5.41, 5.74) is 0. The van der Waals surface area contributed by atoms with Crippen LogP contribution in [0.4, 0.5) is 0 Å². The van der Waals surface area contributed by atoms with Gasteiger partial charge in [0.1, 0.15) is 13.2 Å². The van der Waals surface area contributed by atoms with Crippen molar-refractivity contribution in [2.75, 3.05) is 13.2 Å². The molecule has 6 nitrogen and oxygen atoms in total. The second-order valence-corrected chi connectivity index (χ2v) is 20.6. The Bertz CT molecular complexity index is 1340. The summed E-state index contributed by atoms with van der Waals surface area (Å²) in [4.78, 5) is 38.2. The number of rotatable bonds is 56. The fraction of sp³-hybridized carbons (Fsp3) is 0.773. The number of hydrogen-bond acceptors (Lipinski definition) is 6. The first-order valence-corrected chi connectivity index (χ1v) is 30.9. The van der Waals surface area contributed by atoms with Gasteiger partial charge in [0.05, 0.1) is 0 Å². The number of carbonyl (C=O) groups is 3. The van der Waals surface area contributed by atoms with E-state index in [0.717, 1.165) is 96.3 Å². The van der Waals surface area contributed by atoms with E-state index in [-0.39, 0.29) is 31.1 Å². The Morgan fingerprint density at radius 2 is 0.542 bits per heavy atom. The molecule has 0 aromatic rings. The molecule has 6 heteroatoms. The molecule has 0 aliphatic heterocycles. The Labute approximate surface area is 446 Å². The molecule has 416 valence electrons. The van der Waals surface area contributed by atoms with Crippen LogP contribution in [0, 0.1) is 0 Å². The fourth-order valence-corrected chi connectivity index (χ4v) is 8.82. The Hall–Kier alpha value is -3.15. The van der Waals surface area contributed by atoms with Crippen molar-refractivity contribution in [3.8, 4) is 0 Å². The van der Waals surface area contributed by atoms with Gasteiger partial charge in [-0.1, -0.05) is 273 Å². The average molecular weight is 1010 g/mol. The SMILES string of the molecule is CC/C=C\C/C=C\C/C=C\C/C=C\C/C=C\CCCCCCCCCCCC(=O)OCC(COC(=O)CCCCCCCCCCCC)OC(=O)CCCCCCCCCCC/C=C\CCCCCCCC. The highest BCUT2D eigenvalue weighted by atomic mass is 16.6. The van der Waals surface area contributed by atoms with Crippen molar-refractivity contribution in [1.29, 1.82) is 0 Å². The zero-order valence-corrected chi connectivity index (χ0v) is 47.7. The maximum absolute atomic E-state index is 12.9. The lowest BCUT2D eigenvalue weighted by Gasteiger charge is -2.18. The van der Waals surface area contributed by atoms with Gasteiger partial charge < -0.3 is 14.2 Å². The molecule has 0 aromatic heterocycles. The van der Waals surface area contributed by atoms with Crippen LogP contribution in [0.1, 0.15) is 310 Å². The summed E-state index contributed by atoms with van der Waals surface area (Å²) >= 11 is 0. The minimum Gasteiger partial charge on any atom is -0.462 e. The van der Waals surface area contributed by atoms with E-state index >= 15 is 0 Å². The number of carbonyl (C=O) groups excluding carboxylic acids is 3. The molecule has 0 aromatic carbocycles. The van der Waals surface area contributed by atoms with Crippen molar-refractivity contribution in [2.45, 2.75) is 316 Å². The van der Waals surface area contributed by atoms with Crippen LogP contribution in [-0.4, -0.2) is 37.2 Å². The predicted molar refractivity (Wildman–Crippen MR) is 311 cm³/mol. The third-order valence-corrected chi connectivity index (χ3v) is 13.4. The summed E-state index contributed by atoms with van der Waals surface area (Å²) < 4.78 is 16.9. The summed E-state index contributed by atoms with van der Waals surface area (Å²) in [5, 5.41) is 0. The Kier molecular flexibility index (Phi) is 57.8. The molecule has 1 atom stereocenters. The summed E-state index contributed by atoms with van der Waals surface area (Å²) in [6.07, 6.45) is 77.6. The standard InChI is InChI=1S/C66H116O6/c1-4-7-10-13-16-19-22-24-26-28-30-31-32-33-34-35-37-38-40-42-44-47-50-53-56-59-65(68)71-62-63(61-70-64(67)58-55-52-49-46-21-18-15-12-9-6-3)72-66(69)60-57-54-51-48-45-43-41-39-36-29-27-25-23-20-17-14-11-8-5-2/h7,10,16,19,24-27,30-31,33-34,63H,4-6,8-9,11-15,17-18,20-23,28-29,32,35-62H2,1-3H3/b10-7-,19-16-,26-24-,27-25-,31-30-,34-33-. The van der Waals surface area contributed by atoms with E-state index in [2.05, 4.69) is 93.7 Å². The van der Waals surface area contributed by atoms with E-state index in [1.54, 1.807) is 0 Å². The van der Waals surface area contributed by atoms with Gasteiger partial charge in [-0.3, -0.25) is 14.4 Å². The molecule has 0 aliphatic rings. The lowest BCUT2D eigenvalue weighted by molar-refractivity contribution is -0.167. The van der Waals surface area contributed by atoms with Crippen molar-refractivity contribution in [3.05, 3.63) is 72.9 Å². The van der Waals surface area contributed by atoms with Crippen molar-refractivity contribution in [2.24, 2.45) is 0 Å². The van der Waals surface area contributed by atoms with Crippen LogP contribution < -0.4 is 0 Å². The number of ether oxygens (including phenoxy) is 3. The van der Waals surface area contributed by atoms with Crippen molar-refractivity contribution >= 4 is 17.9 Å². The minimum absolute atomic E-state index is 0.0749. The molecule has 0 amide bonds. The Morgan fingerprint density at radius 1 is 0.292 bits per heavy atom. The van der Waals surface area contributed by atoms with Gasteiger partial charge in [-0.25, -0.2) is 0 Å². The van der Waals surface area contributed by atoms with Gasteiger partial charge in [0.2, 0.25) is 0 Å². The first-order valence-electron chi connectivity index (χ1n) is 30.9. The van der Waals surface area contributed by atoms with E-state index in [9.17, 15) is 14.4 Å². The summed E-state index contributed by atoms with van der Waals surface area (Å²) in [5.74, 6) is -0.872. The highest BCUT2D eigenvalue weighted by Crippen LogP contribution is 2.16. The topological polar surface area (TPSA) is 78.9 Å². The van der Waals surface area contributed by atoms with Gasteiger partial charge in [0.15, 0.2) is 6.10 Å². The largest absolute Gasteiger partial charge is 0.462 e. The van der Waals surface area contributed by atoms with Gasteiger partial charge >= 0.3 is 17.9 Å². The number of unbranched alkanes of at least 4 members (excludes halogenated alkanes) is 33. The van der Waals surface area contributed by atoms with Crippen LogP contribution in [0.15, 0.2) is 72.9 Å². The third kappa shape index (κ3) is 57.7. The average Bonchev–Trinajstić information content (AvgIpc) is 3.38. The monoisotopic (exact) mass is 1000 g/mol. The molecule has 0 rings (SSSR count). The van der Waals surface area contributed by atoms with E-state index < -0.39 is 6.10 Å². The Balaban J connectivity index is 4.26. The van der Waals surface area contributed by atoms with Crippen molar-refractivity contribution in [3.63, 3.8) is 0 Å². The third-order valence-electron chi connectivity index (χ3n) is 13.4. The summed E-state index contributed by atoms with van der Waals surface area (Å²) in [7, 11) is 0. The smallest absolute Gasteiger partial charge is 0.306 e. The van der Waals surface area contributed by atoms with E-state index in [1.165, 1.54) is 173 Å². The number of esters is 3. The number of allylic oxidation sites excluding steroid dienone is 12. The first-order chi connectivity index (χ1) is 35.5. The highest BCUT2D eigenvalue weighted by molar-refractivity contribution is 5.71. The lowest BCUT2D eigenvalue weighted by Crippen LogP contribution is -2.30. The Morgan fingerprint density at radius 3 is 0.861 bits per heavy atom. The second-order valence-electron chi connectivity index (χ2n) is 20.6. The van der Waals surface area contributed by atoms with Crippen LogP contribution in [0.5, 0.6) is 0 Å². The second kappa shape index (κ2) is 60.4. The molecular formula is C66H116O6. The molecule has 0 spiro atoms.